The summed E-state index contributed by atoms with van der Waals surface area (Å²) in [6, 6.07) is 12.3. The maximum Gasteiger partial charge on any atom is 0.322 e. The van der Waals surface area contributed by atoms with Crippen LogP contribution < -0.4 is 20.9 Å². The van der Waals surface area contributed by atoms with Crippen molar-refractivity contribution in [3.63, 3.8) is 0 Å². The van der Waals surface area contributed by atoms with Crippen LogP contribution in [0.15, 0.2) is 47.3 Å². The van der Waals surface area contributed by atoms with Crippen LogP contribution in [0, 0.1) is 0 Å². The first-order valence-electron chi connectivity index (χ1n) is 11.4. The molecule has 2 N–H and O–H groups in total. The Morgan fingerprint density at radius 2 is 1.94 bits per heavy atom. The fraction of sp³-hybridized carbons (Fsp3) is 0.320. The second kappa shape index (κ2) is 11.0. The number of hydrogen-bond acceptors (Lipinski definition) is 5. The second-order valence-electron chi connectivity index (χ2n) is 8.24. The fourth-order valence-electron chi connectivity index (χ4n) is 3.96. The number of ether oxygens (including phenoxy) is 1. The quantitative estimate of drug-likeness (QED) is 0.453. The number of nitrogens with one attached hydrogen (secondary N) is 2. The van der Waals surface area contributed by atoms with Gasteiger partial charge in [0.15, 0.2) is 0 Å². The number of fused-ring (bicyclic) bond motifs is 1. The first-order chi connectivity index (χ1) is 16.9. The van der Waals surface area contributed by atoms with Gasteiger partial charge < -0.3 is 20.3 Å². The molecule has 10 heteroatoms. The topological polar surface area (TPSA) is 88.5 Å². The molecular formula is C25H27Cl2N5O3. The number of nitrogens with zero attached hydrogens (tertiary/aromatic N) is 3. The summed E-state index contributed by atoms with van der Waals surface area (Å²) in [5, 5.41) is 6.95. The molecule has 2 aromatic carbocycles. The molecule has 0 unspecified atom stereocenters. The summed E-state index contributed by atoms with van der Waals surface area (Å²) in [5.74, 6) is 1.33. The van der Waals surface area contributed by atoms with Crippen molar-refractivity contribution < 1.29 is 9.53 Å². The normalized spacial score (nSPS) is 12.7. The van der Waals surface area contributed by atoms with E-state index in [1.165, 1.54) is 0 Å². The number of hydrogen-bond donors (Lipinski definition) is 2. The standard InChI is InChI=1S/C25H27Cl2N5O3/c1-3-11-32-23(33)19-15-31(25(34)30-22-9-6-17(26)13-20(22)27)12-10-21(19)29-24(32)28-14-16-4-7-18(35-2)8-5-16/h4-9,13H,3,10-12,14-15H2,1-2H3,(H,28,29)(H,30,34). The SMILES string of the molecule is CCCn1c(NCc2ccc(OC)cc2)nc2c(c1=O)CN(C(=O)Nc1ccc(Cl)cc1Cl)CC2. The third kappa shape index (κ3) is 5.71. The molecule has 0 bridgehead atoms. The lowest BCUT2D eigenvalue weighted by Gasteiger charge is -2.29. The lowest BCUT2D eigenvalue weighted by molar-refractivity contribution is 0.205. The van der Waals surface area contributed by atoms with Crippen LogP contribution in [-0.2, 0) is 26.1 Å². The van der Waals surface area contributed by atoms with E-state index in [4.69, 9.17) is 32.9 Å². The number of carbonyl (C=O) groups excluding carboxylic acids is 1. The number of methoxy groups -OCH3 is 1. The van der Waals surface area contributed by atoms with Crippen molar-refractivity contribution in [1.82, 2.24) is 14.5 Å². The van der Waals surface area contributed by atoms with Gasteiger partial charge in [-0.1, -0.05) is 42.3 Å². The Hall–Kier alpha value is -3.23. The molecule has 35 heavy (non-hydrogen) atoms. The molecule has 8 nitrogen and oxygen atoms in total. The zero-order valence-corrected chi connectivity index (χ0v) is 21.1. The van der Waals surface area contributed by atoms with Crippen LogP contribution in [0.1, 0.15) is 30.2 Å². The van der Waals surface area contributed by atoms with Crippen molar-refractivity contribution in [3.05, 3.63) is 79.7 Å². The van der Waals surface area contributed by atoms with Crippen molar-refractivity contribution >= 4 is 40.9 Å². The monoisotopic (exact) mass is 515 g/mol. The molecule has 0 radical (unpaired) electrons. The third-order valence-corrected chi connectivity index (χ3v) is 6.38. The Morgan fingerprint density at radius 3 is 2.63 bits per heavy atom. The molecule has 2 heterocycles. The van der Waals surface area contributed by atoms with E-state index in [-0.39, 0.29) is 18.1 Å². The zero-order valence-electron chi connectivity index (χ0n) is 19.6. The summed E-state index contributed by atoms with van der Waals surface area (Å²) in [6.07, 6.45) is 1.26. The lowest BCUT2D eigenvalue weighted by atomic mass is 10.1. The Bertz CT molecular complexity index is 1280. The van der Waals surface area contributed by atoms with E-state index in [0.717, 1.165) is 17.7 Å². The number of urea groups is 1. The van der Waals surface area contributed by atoms with Crippen LogP contribution in [-0.4, -0.2) is 34.1 Å². The minimum Gasteiger partial charge on any atom is -0.497 e. The van der Waals surface area contributed by atoms with Gasteiger partial charge in [-0.05, 0) is 42.3 Å². The van der Waals surface area contributed by atoms with Crippen molar-refractivity contribution in [2.75, 3.05) is 24.3 Å². The predicted octanol–water partition coefficient (Wildman–Crippen LogP) is 5.17. The van der Waals surface area contributed by atoms with E-state index in [1.54, 1.807) is 34.8 Å². The maximum absolute atomic E-state index is 13.4. The summed E-state index contributed by atoms with van der Waals surface area (Å²) in [5.41, 5.74) is 2.64. The molecule has 0 aliphatic carbocycles. The van der Waals surface area contributed by atoms with Crippen LogP contribution >= 0.6 is 23.2 Å². The minimum atomic E-state index is -0.331. The van der Waals surface area contributed by atoms with Crippen molar-refractivity contribution in [3.8, 4) is 5.75 Å². The molecule has 0 spiro atoms. The smallest absolute Gasteiger partial charge is 0.322 e. The third-order valence-electron chi connectivity index (χ3n) is 5.83. The van der Waals surface area contributed by atoms with Gasteiger partial charge in [0.1, 0.15) is 5.75 Å². The number of anilines is 2. The van der Waals surface area contributed by atoms with Gasteiger partial charge in [0.05, 0.1) is 35.6 Å². The maximum atomic E-state index is 13.4. The average Bonchev–Trinajstić information content (AvgIpc) is 2.86. The fourth-order valence-corrected chi connectivity index (χ4v) is 4.42. The van der Waals surface area contributed by atoms with Gasteiger partial charge in [-0.3, -0.25) is 9.36 Å². The summed E-state index contributed by atoms with van der Waals surface area (Å²) in [7, 11) is 1.63. The van der Waals surface area contributed by atoms with Gasteiger partial charge in [0, 0.05) is 31.1 Å². The van der Waals surface area contributed by atoms with Crippen molar-refractivity contribution in [2.24, 2.45) is 0 Å². The van der Waals surface area contributed by atoms with Gasteiger partial charge >= 0.3 is 6.03 Å². The lowest BCUT2D eigenvalue weighted by Crippen LogP contribution is -2.43. The Kier molecular flexibility index (Phi) is 7.83. The van der Waals surface area contributed by atoms with Gasteiger partial charge in [-0.25, -0.2) is 9.78 Å². The molecule has 1 aliphatic heterocycles. The Balaban J connectivity index is 1.52. The van der Waals surface area contributed by atoms with Crippen LogP contribution in [0.3, 0.4) is 0 Å². The van der Waals surface area contributed by atoms with Crippen molar-refractivity contribution in [2.45, 2.75) is 39.4 Å². The average molecular weight is 516 g/mol. The Labute approximate surface area is 213 Å². The number of amides is 2. The number of aromatic nitrogens is 2. The molecule has 0 saturated heterocycles. The molecule has 4 rings (SSSR count). The molecule has 0 atom stereocenters. The first kappa shape index (κ1) is 24.9. The number of benzene rings is 2. The van der Waals surface area contributed by atoms with Gasteiger partial charge in [0.2, 0.25) is 5.95 Å². The molecule has 1 aliphatic rings. The highest BCUT2D eigenvalue weighted by Crippen LogP contribution is 2.26. The Morgan fingerprint density at radius 1 is 1.17 bits per heavy atom. The van der Waals surface area contributed by atoms with Crippen molar-refractivity contribution in [1.29, 1.82) is 0 Å². The summed E-state index contributed by atoms with van der Waals surface area (Å²) < 4.78 is 6.86. The molecule has 0 fully saturated rings. The predicted molar refractivity (Wildman–Crippen MR) is 139 cm³/mol. The van der Waals surface area contributed by atoms with E-state index in [2.05, 4.69) is 10.6 Å². The van der Waals surface area contributed by atoms with E-state index in [9.17, 15) is 9.59 Å². The largest absolute Gasteiger partial charge is 0.497 e. The highest BCUT2D eigenvalue weighted by molar-refractivity contribution is 6.36. The van der Waals surface area contributed by atoms with Crippen LogP contribution in [0.2, 0.25) is 10.0 Å². The van der Waals surface area contributed by atoms with Crippen LogP contribution in [0.25, 0.3) is 0 Å². The molecule has 1 aromatic heterocycles. The summed E-state index contributed by atoms with van der Waals surface area (Å²) in [4.78, 5) is 32.7. The molecular weight excluding hydrogens is 489 g/mol. The number of rotatable bonds is 7. The minimum absolute atomic E-state index is 0.129. The van der Waals surface area contributed by atoms with Gasteiger partial charge in [-0.2, -0.15) is 0 Å². The molecule has 0 saturated carbocycles. The van der Waals surface area contributed by atoms with Gasteiger partial charge in [-0.15, -0.1) is 0 Å². The van der Waals surface area contributed by atoms with Crippen LogP contribution in [0.5, 0.6) is 5.75 Å². The molecule has 184 valence electrons. The number of carbonyl (C=O) groups is 1. The number of halogens is 2. The summed E-state index contributed by atoms with van der Waals surface area (Å²) in [6.45, 7) is 3.67. The van der Waals surface area contributed by atoms with Crippen LogP contribution in [0.4, 0.5) is 16.4 Å². The highest BCUT2D eigenvalue weighted by Gasteiger charge is 2.26. The van der Waals surface area contributed by atoms with E-state index in [1.807, 2.05) is 31.2 Å². The zero-order chi connectivity index (χ0) is 24.9. The van der Waals surface area contributed by atoms with E-state index in [0.29, 0.717) is 59.0 Å². The van der Waals surface area contributed by atoms with E-state index < -0.39 is 0 Å². The summed E-state index contributed by atoms with van der Waals surface area (Å²) >= 11 is 12.1. The van der Waals surface area contributed by atoms with E-state index >= 15 is 0 Å². The molecule has 3 aromatic rings. The highest BCUT2D eigenvalue weighted by atomic mass is 35.5. The second-order valence-corrected chi connectivity index (χ2v) is 9.09. The molecule has 2 amide bonds. The van der Waals surface area contributed by atoms with Gasteiger partial charge in [0.25, 0.3) is 5.56 Å². The first-order valence-corrected chi connectivity index (χ1v) is 12.2.